The van der Waals surface area contributed by atoms with Crippen molar-refractivity contribution in [3.8, 4) is 0 Å². The Morgan fingerprint density at radius 3 is 2.68 bits per heavy atom. The summed E-state index contributed by atoms with van der Waals surface area (Å²) in [7, 11) is 0. The second-order valence-corrected chi connectivity index (χ2v) is 7.32. The summed E-state index contributed by atoms with van der Waals surface area (Å²) in [6.45, 7) is 8.74. The van der Waals surface area contributed by atoms with Gasteiger partial charge < -0.3 is 10.6 Å². The molecular formula is C20H29N3O2. The van der Waals surface area contributed by atoms with Gasteiger partial charge in [0.1, 0.15) is 5.82 Å². The van der Waals surface area contributed by atoms with Gasteiger partial charge >= 0.3 is 0 Å². The van der Waals surface area contributed by atoms with Gasteiger partial charge in [-0.3, -0.25) is 9.59 Å². The monoisotopic (exact) mass is 343 g/mol. The van der Waals surface area contributed by atoms with Crippen molar-refractivity contribution in [3.05, 3.63) is 36.0 Å². The van der Waals surface area contributed by atoms with Crippen LogP contribution in [0.3, 0.4) is 0 Å². The molecule has 1 aromatic rings. The highest BCUT2D eigenvalue weighted by molar-refractivity contribution is 5.90. The molecule has 0 spiro atoms. The lowest BCUT2D eigenvalue weighted by Crippen LogP contribution is -2.36. The maximum atomic E-state index is 12.4. The summed E-state index contributed by atoms with van der Waals surface area (Å²) >= 11 is 0. The van der Waals surface area contributed by atoms with Gasteiger partial charge in [0, 0.05) is 26.1 Å². The number of rotatable bonds is 6. The van der Waals surface area contributed by atoms with Crippen molar-refractivity contribution in [2.75, 3.05) is 11.9 Å². The molecule has 0 saturated heterocycles. The van der Waals surface area contributed by atoms with Crippen molar-refractivity contribution < 1.29 is 9.59 Å². The number of carbonyl (C=O) groups excluding carboxylic acids is 2. The summed E-state index contributed by atoms with van der Waals surface area (Å²) in [5.74, 6) is 2.13. The standard InChI is InChI=1S/C20H29N3O2/c1-13(2)18-10-16(14(3)9-17(18)12-22-15(4)24)11-20(25)23-19-7-5-6-8-21-19/h5-9,13,16-18H,10-12H2,1-4H3,(H,22,24)(H,21,23,25). The summed E-state index contributed by atoms with van der Waals surface area (Å²) in [5, 5.41) is 5.81. The fraction of sp³-hybridized carbons (Fsp3) is 0.550. The summed E-state index contributed by atoms with van der Waals surface area (Å²) in [5.41, 5.74) is 1.24. The average Bonchev–Trinajstić information content (AvgIpc) is 2.55. The summed E-state index contributed by atoms with van der Waals surface area (Å²) in [6.07, 6.45) is 5.36. The van der Waals surface area contributed by atoms with E-state index >= 15 is 0 Å². The number of anilines is 1. The van der Waals surface area contributed by atoms with Crippen LogP contribution in [0.15, 0.2) is 36.0 Å². The molecule has 1 aromatic heterocycles. The molecule has 0 radical (unpaired) electrons. The van der Waals surface area contributed by atoms with Crippen molar-refractivity contribution >= 4 is 17.6 Å². The van der Waals surface area contributed by atoms with Crippen molar-refractivity contribution in [2.45, 2.75) is 40.5 Å². The van der Waals surface area contributed by atoms with Gasteiger partial charge in [-0.05, 0) is 49.1 Å². The third-order valence-corrected chi connectivity index (χ3v) is 5.03. The molecule has 0 bridgehead atoms. The molecule has 3 atom stereocenters. The zero-order chi connectivity index (χ0) is 18.4. The molecular weight excluding hydrogens is 314 g/mol. The molecule has 5 nitrogen and oxygen atoms in total. The van der Waals surface area contributed by atoms with Crippen LogP contribution < -0.4 is 10.6 Å². The van der Waals surface area contributed by atoms with E-state index in [0.717, 1.165) is 6.42 Å². The predicted molar refractivity (Wildman–Crippen MR) is 99.8 cm³/mol. The molecule has 1 heterocycles. The third-order valence-electron chi connectivity index (χ3n) is 5.03. The minimum absolute atomic E-state index is 0.000679. The Labute approximate surface area is 150 Å². The van der Waals surface area contributed by atoms with E-state index in [4.69, 9.17) is 0 Å². The second-order valence-electron chi connectivity index (χ2n) is 7.32. The van der Waals surface area contributed by atoms with Gasteiger partial charge in [0.05, 0.1) is 0 Å². The highest BCUT2D eigenvalue weighted by atomic mass is 16.2. The maximum absolute atomic E-state index is 12.4. The lowest BCUT2D eigenvalue weighted by atomic mass is 9.69. The molecule has 0 saturated carbocycles. The highest BCUT2D eigenvalue weighted by Gasteiger charge is 2.32. The van der Waals surface area contributed by atoms with Gasteiger partial charge in [-0.1, -0.05) is 31.6 Å². The number of pyridine rings is 1. The summed E-state index contributed by atoms with van der Waals surface area (Å²) in [4.78, 5) is 27.7. The molecule has 0 aliphatic heterocycles. The van der Waals surface area contributed by atoms with Crippen LogP contribution in [0, 0.1) is 23.7 Å². The molecule has 0 fully saturated rings. The van der Waals surface area contributed by atoms with Crippen LogP contribution in [-0.2, 0) is 9.59 Å². The van der Waals surface area contributed by atoms with Crippen LogP contribution >= 0.6 is 0 Å². The Kier molecular flexibility index (Phi) is 6.73. The first-order valence-corrected chi connectivity index (χ1v) is 9.00. The maximum Gasteiger partial charge on any atom is 0.226 e. The van der Waals surface area contributed by atoms with Crippen LogP contribution in [0.4, 0.5) is 5.82 Å². The molecule has 5 heteroatoms. The summed E-state index contributed by atoms with van der Waals surface area (Å²) in [6, 6.07) is 5.48. The fourth-order valence-electron chi connectivity index (χ4n) is 3.62. The van der Waals surface area contributed by atoms with Gasteiger partial charge in [0.25, 0.3) is 0 Å². The van der Waals surface area contributed by atoms with E-state index in [0.29, 0.717) is 36.5 Å². The van der Waals surface area contributed by atoms with Crippen LogP contribution in [0.2, 0.25) is 0 Å². The number of carbonyl (C=O) groups is 2. The van der Waals surface area contributed by atoms with Gasteiger partial charge in [0.15, 0.2) is 0 Å². The van der Waals surface area contributed by atoms with E-state index in [1.807, 2.05) is 12.1 Å². The number of amides is 2. The minimum atomic E-state index is -0.000679. The first-order valence-electron chi connectivity index (χ1n) is 9.00. The van der Waals surface area contributed by atoms with E-state index in [2.05, 4.69) is 42.5 Å². The smallest absolute Gasteiger partial charge is 0.226 e. The number of aromatic nitrogens is 1. The molecule has 2 amide bonds. The Hall–Kier alpha value is -2.17. The molecule has 2 N–H and O–H groups in total. The second kappa shape index (κ2) is 8.79. The first-order chi connectivity index (χ1) is 11.9. The normalized spacial score (nSPS) is 23.1. The van der Waals surface area contributed by atoms with Crippen molar-refractivity contribution in [1.82, 2.24) is 10.3 Å². The SMILES string of the molecule is CC(=O)NCC1C=C(C)C(CC(=O)Nc2ccccn2)CC1C(C)C. The molecule has 136 valence electrons. The van der Waals surface area contributed by atoms with Crippen LogP contribution in [0.1, 0.15) is 40.5 Å². The Morgan fingerprint density at radius 2 is 2.08 bits per heavy atom. The van der Waals surface area contributed by atoms with Crippen molar-refractivity contribution in [2.24, 2.45) is 23.7 Å². The molecule has 2 rings (SSSR count). The summed E-state index contributed by atoms with van der Waals surface area (Å²) < 4.78 is 0. The third kappa shape index (κ3) is 5.69. The van der Waals surface area contributed by atoms with E-state index in [-0.39, 0.29) is 17.7 Å². The Balaban J connectivity index is 2.02. The number of hydrogen-bond donors (Lipinski definition) is 2. The lowest BCUT2D eigenvalue weighted by Gasteiger charge is -2.37. The lowest BCUT2D eigenvalue weighted by molar-refractivity contribution is -0.119. The van der Waals surface area contributed by atoms with E-state index in [9.17, 15) is 9.59 Å². The molecule has 1 aliphatic rings. The van der Waals surface area contributed by atoms with Crippen LogP contribution in [-0.4, -0.2) is 23.3 Å². The molecule has 1 aliphatic carbocycles. The fourth-order valence-corrected chi connectivity index (χ4v) is 3.62. The predicted octanol–water partition coefficient (Wildman–Crippen LogP) is 3.40. The van der Waals surface area contributed by atoms with Gasteiger partial charge in [-0.15, -0.1) is 0 Å². The van der Waals surface area contributed by atoms with E-state index in [1.54, 1.807) is 19.2 Å². The average molecular weight is 343 g/mol. The Morgan fingerprint density at radius 1 is 1.32 bits per heavy atom. The van der Waals surface area contributed by atoms with Gasteiger partial charge in [0.2, 0.25) is 11.8 Å². The quantitative estimate of drug-likeness (QED) is 0.778. The zero-order valence-corrected chi connectivity index (χ0v) is 15.6. The molecule has 3 unspecified atom stereocenters. The number of allylic oxidation sites excluding steroid dienone is 1. The minimum Gasteiger partial charge on any atom is -0.356 e. The molecule has 25 heavy (non-hydrogen) atoms. The zero-order valence-electron chi connectivity index (χ0n) is 15.6. The largest absolute Gasteiger partial charge is 0.356 e. The van der Waals surface area contributed by atoms with Crippen LogP contribution in [0.5, 0.6) is 0 Å². The Bertz CT molecular complexity index is 625. The van der Waals surface area contributed by atoms with Gasteiger partial charge in [-0.2, -0.15) is 0 Å². The highest BCUT2D eigenvalue weighted by Crippen LogP contribution is 2.38. The van der Waals surface area contributed by atoms with E-state index < -0.39 is 0 Å². The van der Waals surface area contributed by atoms with Gasteiger partial charge in [-0.25, -0.2) is 4.98 Å². The van der Waals surface area contributed by atoms with E-state index in [1.165, 1.54) is 5.57 Å². The number of nitrogens with one attached hydrogen (secondary N) is 2. The topological polar surface area (TPSA) is 71.1 Å². The van der Waals surface area contributed by atoms with Crippen molar-refractivity contribution in [1.29, 1.82) is 0 Å². The number of nitrogens with zero attached hydrogens (tertiary/aromatic N) is 1. The number of hydrogen-bond acceptors (Lipinski definition) is 3. The first kappa shape index (κ1) is 19.2. The molecule has 0 aromatic carbocycles. The van der Waals surface area contributed by atoms with Crippen molar-refractivity contribution in [3.63, 3.8) is 0 Å². The van der Waals surface area contributed by atoms with Crippen LogP contribution in [0.25, 0.3) is 0 Å².